The highest BCUT2D eigenvalue weighted by Crippen LogP contribution is 2.23. The Kier molecular flexibility index (Phi) is 5.17. The number of amides is 1. The van der Waals surface area contributed by atoms with E-state index in [2.05, 4.69) is 10.3 Å². The van der Waals surface area contributed by atoms with Crippen molar-refractivity contribution in [2.24, 2.45) is 0 Å². The van der Waals surface area contributed by atoms with E-state index in [0.29, 0.717) is 24.3 Å². The van der Waals surface area contributed by atoms with Crippen LogP contribution in [0.15, 0.2) is 36.4 Å². The van der Waals surface area contributed by atoms with Gasteiger partial charge < -0.3 is 15.2 Å². The highest BCUT2D eigenvalue weighted by atomic mass is 35.5. The molecule has 112 valence electrons. The SMILES string of the molecule is N#Cc1cc(Cl)nc(Oc2ccc(CCNC(=O)O)cc2)c1. The molecule has 0 spiro atoms. The van der Waals surface area contributed by atoms with Crippen molar-refractivity contribution in [3.8, 4) is 17.7 Å². The quantitative estimate of drug-likeness (QED) is 0.826. The van der Waals surface area contributed by atoms with Crippen molar-refractivity contribution in [1.29, 1.82) is 5.26 Å². The predicted octanol–water partition coefficient (Wildman–Crippen LogP) is 3.21. The third kappa shape index (κ3) is 4.65. The van der Waals surface area contributed by atoms with Gasteiger partial charge in [0.1, 0.15) is 10.9 Å². The molecule has 22 heavy (non-hydrogen) atoms. The van der Waals surface area contributed by atoms with Gasteiger partial charge in [-0.05, 0) is 30.2 Å². The summed E-state index contributed by atoms with van der Waals surface area (Å²) in [5.74, 6) is 0.790. The van der Waals surface area contributed by atoms with E-state index < -0.39 is 6.09 Å². The molecule has 0 saturated carbocycles. The molecule has 6 nitrogen and oxygen atoms in total. The molecule has 0 aliphatic rings. The molecule has 2 N–H and O–H groups in total. The number of carbonyl (C=O) groups is 1. The molecule has 2 aromatic rings. The van der Waals surface area contributed by atoms with Crippen molar-refractivity contribution in [1.82, 2.24) is 10.3 Å². The van der Waals surface area contributed by atoms with Crippen molar-refractivity contribution in [3.63, 3.8) is 0 Å². The summed E-state index contributed by atoms with van der Waals surface area (Å²) < 4.78 is 5.54. The molecule has 0 bridgehead atoms. The second-order valence-electron chi connectivity index (χ2n) is 4.36. The molecular formula is C15H12ClN3O3. The Labute approximate surface area is 131 Å². The smallest absolute Gasteiger partial charge is 0.404 e. The van der Waals surface area contributed by atoms with E-state index in [9.17, 15) is 4.79 Å². The van der Waals surface area contributed by atoms with Gasteiger partial charge in [-0.15, -0.1) is 0 Å². The fourth-order valence-electron chi connectivity index (χ4n) is 1.75. The zero-order valence-electron chi connectivity index (χ0n) is 11.4. The van der Waals surface area contributed by atoms with Crippen LogP contribution in [0.1, 0.15) is 11.1 Å². The molecule has 1 aromatic heterocycles. The molecule has 0 atom stereocenters. The summed E-state index contributed by atoms with van der Waals surface area (Å²) in [7, 11) is 0. The molecular weight excluding hydrogens is 306 g/mol. The first-order valence-electron chi connectivity index (χ1n) is 6.38. The van der Waals surface area contributed by atoms with Crippen molar-refractivity contribution in [2.75, 3.05) is 6.54 Å². The number of nitrogens with one attached hydrogen (secondary N) is 1. The van der Waals surface area contributed by atoms with Gasteiger partial charge in [-0.1, -0.05) is 23.7 Å². The van der Waals surface area contributed by atoms with Crippen molar-refractivity contribution in [2.45, 2.75) is 6.42 Å². The Morgan fingerprint density at radius 3 is 2.73 bits per heavy atom. The highest BCUT2D eigenvalue weighted by Gasteiger charge is 2.04. The van der Waals surface area contributed by atoms with E-state index in [1.165, 1.54) is 12.1 Å². The number of carboxylic acid groups (broad SMARTS) is 1. The van der Waals surface area contributed by atoms with Crippen LogP contribution in [0.4, 0.5) is 4.79 Å². The average Bonchev–Trinajstić information content (AvgIpc) is 2.48. The molecule has 0 aliphatic heterocycles. The van der Waals surface area contributed by atoms with Crippen LogP contribution < -0.4 is 10.1 Å². The molecule has 0 fully saturated rings. The number of nitriles is 1. The number of hydrogen-bond donors (Lipinski definition) is 2. The summed E-state index contributed by atoms with van der Waals surface area (Å²) in [6, 6.07) is 12.1. The van der Waals surface area contributed by atoms with Crippen LogP contribution in [-0.2, 0) is 6.42 Å². The molecule has 1 heterocycles. The monoisotopic (exact) mass is 317 g/mol. The van der Waals surface area contributed by atoms with E-state index in [4.69, 9.17) is 26.7 Å². The van der Waals surface area contributed by atoms with E-state index in [1.807, 2.05) is 18.2 Å². The van der Waals surface area contributed by atoms with Gasteiger partial charge in [0, 0.05) is 12.6 Å². The number of hydrogen-bond acceptors (Lipinski definition) is 4. The first-order chi connectivity index (χ1) is 10.6. The van der Waals surface area contributed by atoms with Gasteiger partial charge >= 0.3 is 6.09 Å². The van der Waals surface area contributed by atoms with Crippen LogP contribution >= 0.6 is 11.6 Å². The van der Waals surface area contributed by atoms with E-state index >= 15 is 0 Å². The van der Waals surface area contributed by atoms with Crippen molar-refractivity contribution in [3.05, 3.63) is 52.7 Å². The van der Waals surface area contributed by atoms with Crippen molar-refractivity contribution < 1.29 is 14.6 Å². The Balaban J connectivity index is 2.01. The lowest BCUT2D eigenvalue weighted by molar-refractivity contribution is 0.194. The second-order valence-corrected chi connectivity index (χ2v) is 4.74. The molecule has 1 aromatic carbocycles. The van der Waals surface area contributed by atoms with E-state index in [0.717, 1.165) is 5.56 Å². The van der Waals surface area contributed by atoms with E-state index in [-0.39, 0.29) is 11.0 Å². The minimum Gasteiger partial charge on any atom is -0.465 e. The van der Waals surface area contributed by atoms with Crippen LogP contribution in [0, 0.1) is 11.3 Å². The maximum Gasteiger partial charge on any atom is 0.404 e. The first-order valence-corrected chi connectivity index (χ1v) is 6.76. The van der Waals surface area contributed by atoms with Gasteiger partial charge in [-0.3, -0.25) is 0 Å². The molecule has 0 radical (unpaired) electrons. The lowest BCUT2D eigenvalue weighted by atomic mass is 10.1. The molecule has 2 rings (SSSR count). The van der Waals surface area contributed by atoms with Gasteiger partial charge in [0.15, 0.2) is 0 Å². The lowest BCUT2D eigenvalue weighted by Crippen LogP contribution is -2.23. The number of aromatic nitrogens is 1. The Bertz CT molecular complexity index is 711. The molecule has 0 saturated heterocycles. The second kappa shape index (κ2) is 7.29. The summed E-state index contributed by atoms with van der Waals surface area (Å²) in [6.45, 7) is 0.344. The zero-order valence-corrected chi connectivity index (χ0v) is 12.2. The largest absolute Gasteiger partial charge is 0.465 e. The number of nitrogens with zero attached hydrogens (tertiary/aromatic N) is 2. The molecule has 0 unspecified atom stereocenters. The topological polar surface area (TPSA) is 95.2 Å². The van der Waals surface area contributed by atoms with Crippen LogP contribution in [0.2, 0.25) is 5.15 Å². The summed E-state index contributed by atoms with van der Waals surface area (Å²) in [6.07, 6.45) is -0.458. The summed E-state index contributed by atoms with van der Waals surface area (Å²) in [4.78, 5) is 14.3. The van der Waals surface area contributed by atoms with Gasteiger partial charge in [0.25, 0.3) is 0 Å². The van der Waals surface area contributed by atoms with Gasteiger partial charge in [0.2, 0.25) is 5.88 Å². The lowest BCUT2D eigenvalue weighted by Gasteiger charge is -2.07. The Morgan fingerprint density at radius 2 is 2.09 bits per heavy atom. The normalized spacial score (nSPS) is 9.82. The Morgan fingerprint density at radius 1 is 1.36 bits per heavy atom. The molecule has 1 amide bonds. The maximum atomic E-state index is 10.4. The number of rotatable bonds is 5. The number of benzene rings is 1. The zero-order chi connectivity index (χ0) is 15.9. The minimum absolute atomic E-state index is 0.186. The first kappa shape index (κ1) is 15.6. The fraction of sp³-hybridized carbons (Fsp3) is 0.133. The van der Waals surface area contributed by atoms with Crippen LogP contribution in [-0.4, -0.2) is 22.7 Å². The number of pyridine rings is 1. The average molecular weight is 318 g/mol. The maximum absolute atomic E-state index is 10.4. The summed E-state index contributed by atoms with van der Waals surface area (Å²) in [5.41, 5.74) is 1.34. The summed E-state index contributed by atoms with van der Waals surface area (Å²) in [5, 5.41) is 19.8. The van der Waals surface area contributed by atoms with Crippen molar-refractivity contribution >= 4 is 17.7 Å². The van der Waals surface area contributed by atoms with Gasteiger partial charge in [-0.2, -0.15) is 5.26 Å². The van der Waals surface area contributed by atoms with Crippen LogP contribution in [0.5, 0.6) is 11.6 Å². The molecule has 0 aliphatic carbocycles. The van der Waals surface area contributed by atoms with Gasteiger partial charge in [-0.25, -0.2) is 9.78 Å². The van der Waals surface area contributed by atoms with Crippen LogP contribution in [0.3, 0.4) is 0 Å². The highest BCUT2D eigenvalue weighted by molar-refractivity contribution is 6.29. The van der Waals surface area contributed by atoms with E-state index in [1.54, 1.807) is 12.1 Å². The minimum atomic E-state index is -1.04. The standard InChI is InChI=1S/C15H12ClN3O3/c16-13-7-11(9-17)8-14(19-13)22-12-3-1-10(2-4-12)5-6-18-15(20)21/h1-4,7-8,18H,5-6H2,(H,20,21). The third-order valence-corrected chi connectivity index (χ3v) is 2.93. The fourth-order valence-corrected chi connectivity index (χ4v) is 1.95. The molecule has 7 heteroatoms. The number of ether oxygens (including phenoxy) is 1. The van der Waals surface area contributed by atoms with Gasteiger partial charge in [0.05, 0.1) is 11.6 Å². The number of halogens is 1. The third-order valence-electron chi connectivity index (χ3n) is 2.74. The van der Waals surface area contributed by atoms with Crippen LogP contribution in [0.25, 0.3) is 0 Å². The predicted molar refractivity (Wildman–Crippen MR) is 80.2 cm³/mol. The summed E-state index contributed by atoms with van der Waals surface area (Å²) >= 11 is 5.81. The Hall–Kier alpha value is -2.78.